The molecule has 31 heavy (non-hydrogen) atoms. The van der Waals surface area contributed by atoms with Crippen LogP contribution < -0.4 is 10.2 Å². The van der Waals surface area contributed by atoms with Gasteiger partial charge in [-0.05, 0) is 59.2 Å². The number of thiophene rings is 1. The van der Waals surface area contributed by atoms with Crippen molar-refractivity contribution in [1.82, 2.24) is 4.90 Å². The first kappa shape index (κ1) is 20.0. The van der Waals surface area contributed by atoms with E-state index in [1.54, 1.807) is 23.2 Å². The van der Waals surface area contributed by atoms with Crippen LogP contribution in [0.1, 0.15) is 34.5 Å². The molecule has 0 bridgehead atoms. The number of nitrogens with one attached hydrogen (secondary N) is 1. The summed E-state index contributed by atoms with van der Waals surface area (Å²) in [6.45, 7) is 3.49. The average Bonchev–Trinajstić information content (AvgIpc) is 3.40. The summed E-state index contributed by atoms with van der Waals surface area (Å²) in [5.41, 5.74) is 5.39. The van der Waals surface area contributed by atoms with Crippen molar-refractivity contribution >= 4 is 34.5 Å². The normalized spacial score (nSPS) is 17.8. The number of hydrogen-bond donors (Lipinski definition) is 1. The molecule has 1 N–H and O–H groups in total. The highest BCUT2D eigenvalue weighted by Crippen LogP contribution is 2.37. The molecule has 5 nitrogen and oxygen atoms in total. The smallest absolute Gasteiger partial charge is 0.238 e. The van der Waals surface area contributed by atoms with Crippen LogP contribution in [0, 0.1) is 0 Å². The number of amides is 2. The second kappa shape index (κ2) is 8.29. The molecule has 1 unspecified atom stereocenters. The van der Waals surface area contributed by atoms with Gasteiger partial charge in [0.05, 0.1) is 12.6 Å². The first-order valence-electron chi connectivity index (χ1n) is 10.7. The number of nitrogens with zero attached hydrogens (tertiary/aromatic N) is 2. The topological polar surface area (TPSA) is 52.7 Å². The van der Waals surface area contributed by atoms with E-state index in [-0.39, 0.29) is 17.9 Å². The summed E-state index contributed by atoms with van der Waals surface area (Å²) < 4.78 is 0. The van der Waals surface area contributed by atoms with Crippen molar-refractivity contribution in [3.05, 3.63) is 81.5 Å². The Balaban J connectivity index is 1.33. The van der Waals surface area contributed by atoms with Gasteiger partial charge in [0.15, 0.2) is 0 Å². The summed E-state index contributed by atoms with van der Waals surface area (Å²) >= 11 is 1.81. The molecule has 0 spiro atoms. The van der Waals surface area contributed by atoms with Crippen LogP contribution >= 0.6 is 11.3 Å². The maximum atomic E-state index is 13.0. The van der Waals surface area contributed by atoms with E-state index in [2.05, 4.69) is 45.9 Å². The van der Waals surface area contributed by atoms with Crippen molar-refractivity contribution in [3.63, 3.8) is 0 Å². The van der Waals surface area contributed by atoms with E-state index in [0.29, 0.717) is 13.1 Å². The Hall–Kier alpha value is -2.96. The highest BCUT2D eigenvalue weighted by atomic mass is 32.1. The first-order chi connectivity index (χ1) is 15.1. The lowest BCUT2D eigenvalue weighted by atomic mass is 9.93. The molecule has 6 heteroatoms. The Morgan fingerprint density at radius 3 is 2.71 bits per heavy atom. The van der Waals surface area contributed by atoms with Gasteiger partial charge in [0, 0.05) is 36.3 Å². The van der Waals surface area contributed by atoms with Gasteiger partial charge in [0.1, 0.15) is 0 Å². The third kappa shape index (κ3) is 3.89. The lowest BCUT2D eigenvalue weighted by Gasteiger charge is -2.35. The van der Waals surface area contributed by atoms with Crippen LogP contribution in [-0.2, 0) is 22.4 Å². The highest BCUT2D eigenvalue weighted by molar-refractivity contribution is 7.10. The SMILES string of the molecule is CC(=O)N1CCc2cc(NC(=O)CN3CCc4sccc4C3c3ccccc3)ccc21. The second-order valence-corrected chi connectivity index (χ2v) is 9.15. The summed E-state index contributed by atoms with van der Waals surface area (Å²) in [6, 6.07) is 18.6. The molecule has 1 atom stereocenters. The van der Waals surface area contributed by atoms with Crippen molar-refractivity contribution in [3.8, 4) is 0 Å². The molecular formula is C25H25N3O2S. The molecule has 0 saturated heterocycles. The second-order valence-electron chi connectivity index (χ2n) is 8.15. The van der Waals surface area contributed by atoms with Gasteiger partial charge < -0.3 is 10.2 Å². The molecule has 158 valence electrons. The average molecular weight is 432 g/mol. The van der Waals surface area contributed by atoms with Crippen LogP contribution in [0.3, 0.4) is 0 Å². The van der Waals surface area contributed by atoms with E-state index in [4.69, 9.17) is 0 Å². The molecule has 0 fully saturated rings. The lowest BCUT2D eigenvalue weighted by Crippen LogP contribution is -2.40. The van der Waals surface area contributed by atoms with E-state index in [9.17, 15) is 9.59 Å². The number of carbonyl (C=O) groups excluding carboxylic acids is 2. The summed E-state index contributed by atoms with van der Waals surface area (Å²) in [5, 5.41) is 5.22. The summed E-state index contributed by atoms with van der Waals surface area (Å²) in [4.78, 5) is 30.2. The Kier molecular flexibility index (Phi) is 5.34. The Morgan fingerprint density at radius 2 is 1.90 bits per heavy atom. The van der Waals surface area contributed by atoms with Gasteiger partial charge in [-0.25, -0.2) is 0 Å². The van der Waals surface area contributed by atoms with Crippen molar-refractivity contribution in [1.29, 1.82) is 0 Å². The van der Waals surface area contributed by atoms with Gasteiger partial charge >= 0.3 is 0 Å². The van der Waals surface area contributed by atoms with Gasteiger partial charge in [-0.3, -0.25) is 14.5 Å². The highest BCUT2D eigenvalue weighted by Gasteiger charge is 2.31. The Bertz CT molecular complexity index is 1120. The third-order valence-electron chi connectivity index (χ3n) is 6.17. The molecule has 0 radical (unpaired) electrons. The van der Waals surface area contributed by atoms with Crippen LogP contribution in [-0.4, -0.2) is 36.3 Å². The minimum Gasteiger partial charge on any atom is -0.325 e. The quantitative estimate of drug-likeness (QED) is 0.672. The molecule has 2 aromatic carbocycles. The standard InChI is InChI=1S/C25H25N3O2S/c1-17(29)28-13-9-19-15-20(7-8-22(19)28)26-24(30)16-27-12-10-23-21(11-14-31-23)25(27)18-5-3-2-4-6-18/h2-8,11,14-15,25H,9-10,12-13,16H2,1H3,(H,26,30). The van der Waals surface area contributed by atoms with Crippen LogP contribution in [0.2, 0.25) is 0 Å². The monoisotopic (exact) mass is 431 g/mol. The van der Waals surface area contributed by atoms with E-state index in [1.165, 1.54) is 16.0 Å². The van der Waals surface area contributed by atoms with E-state index in [0.717, 1.165) is 36.3 Å². The molecule has 1 aromatic heterocycles. The van der Waals surface area contributed by atoms with Gasteiger partial charge in [-0.15, -0.1) is 11.3 Å². The number of anilines is 2. The fraction of sp³-hybridized carbons (Fsp3) is 0.280. The van der Waals surface area contributed by atoms with Crippen LogP contribution in [0.4, 0.5) is 11.4 Å². The zero-order valence-electron chi connectivity index (χ0n) is 17.5. The molecule has 2 amide bonds. The predicted octanol–water partition coefficient (Wildman–Crippen LogP) is 4.24. The van der Waals surface area contributed by atoms with Crippen LogP contribution in [0.15, 0.2) is 60.0 Å². The predicted molar refractivity (Wildman–Crippen MR) is 125 cm³/mol. The lowest BCUT2D eigenvalue weighted by molar-refractivity contribution is -0.118. The number of benzene rings is 2. The van der Waals surface area contributed by atoms with E-state index < -0.39 is 0 Å². The van der Waals surface area contributed by atoms with Crippen molar-refractivity contribution < 1.29 is 9.59 Å². The Morgan fingerprint density at radius 1 is 1.06 bits per heavy atom. The Labute approximate surface area is 186 Å². The van der Waals surface area contributed by atoms with Crippen LogP contribution in [0.25, 0.3) is 0 Å². The van der Waals surface area contributed by atoms with E-state index in [1.807, 2.05) is 24.3 Å². The van der Waals surface area contributed by atoms with Gasteiger partial charge in [-0.1, -0.05) is 30.3 Å². The molecule has 0 saturated carbocycles. The fourth-order valence-corrected chi connectivity index (χ4v) is 5.66. The number of hydrogen-bond acceptors (Lipinski definition) is 4. The van der Waals surface area contributed by atoms with Gasteiger partial charge in [0.25, 0.3) is 0 Å². The molecule has 0 aliphatic carbocycles. The van der Waals surface area contributed by atoms with Crippen LogP contribution in [0.5, 0.6) is 0 Å². The maximum absolute atomic E-state index is 13.0. The largest absolute Gasteiger partial charge is 0.325 e. The number of carbonyl (C=O) groups is 2. The minimum absolute atomic E-state index is 0.0130. The number of fused-ring (bicyclic) bond motifs is 2. The van der Waals surface area contributed by atoms with Crippen molar-refractivity contribution in [2.75, 3.05) is 29.9 Å². The molecular weight excluding hydrogens is 406 g/mol. The zero-order chi connectivity index (χ0) is 21.4. The zero-order valence-corrected chi connectivity index (χ0v) is 18.3. The van der Waals surface area contributed by atoms with E-state index >= 15 is 0 Å². The van der Waals surface area contributed by atoms with Gasteiger partial charge in [-0.2, -0.15) is 0 Å². The molecule has 2 aliphatic heterocycles. The summed E-state index contributed by atoms with van der Waals surface area (Å²) in [6.07, 6.45) is 1.80. The fourth-order valence-electron chi connectivity index (χ4n) is 4.76. The van der Waals surface area contributed by atoms with Crippen molar-refractivity contribution in [2.24, 2.45) is 0 Å². The molecule has 3 aromatic rings. The minimum atomic E-state index is -0.0130. The molecule has 2 aliphatic rings. The molecule has 3 heterocycles. The van der Waals surface area contributed by atoms with Crippen molar-refractivity contribution in [2.45, 2.75) is 25.8 Å². The third-order valence-corrected chi connectivity index (χ3v) is 7.16. The number of rotatable bonds is 4. The van der Waals surface area contributed by atoms with Gasteiger partial charge in [0.2, 0.25) is 11.8 Å². The summed E-state index contributed by atoms with van der Waals surface area (Å²) in [5.74, 6) is 0.0429. The molecule has 5 rings (SSSR count). The summed E-state index contributed by atoms with van der Waals surface area (Å²) in [7, 11) is 0. The first-order valence-corrected chi connectivity index (χ1v) is 11.5. The maximum Gasteiger partial charge on any atom is 0.238 e.